The second-order valence-electron chi connectivity index (χ2n) is 19.4. The van der Waals surface area contributed by atoms with E-state index >= 15 is 0 Å². The van der Waals surface area contributed by atoms with Crippen molar-refractivity contribution in [3.05, 3.63) is 181 Å². The Labute approximate surface area is 376 Å². The van der Waals surface area contributed by atoms with Gasteiger partial charge in [-0.1, -0.05) is 116 Å². The van der Waals surface area contributed by atoms with Gasteiger partial charge in [0.05, 0.1) is 12.2 Å². The summed E-state index contributed by atoms with van der Waals surface area (Å²) in [7, 11) is 0. The Morgan fingerprint density at radius 1 is 0.603 bits per heavy atom. The molecule has 5 aromatic rings. The van der Waals surface area contributed by atoms with Crippen LogP contribution in [0.5, 0.6) is 11.5 Å². The van der Waals surface area contributed by atoms with Crippen LogP contribution in [0.1, 0.15) is 122 Å². The molecule has 6 heteroatoms. The van der Waals surface area contributed by atoms with Crippen LogP contribution >= 0.6 is 0 Å². The molecule has 1 aliphatic carbocycles. The van der Waals surface area contributed by atoms with Crippen LogP contribution in [0.4, 0.5) is 0 Å². The van der Waals surface area contributed by atoms with Gasteiger partial charge in [0.1, 0.15) is 33.9 Å². The normalized spacial score (nSPS) is 17.6. The monoisotopic (exact) mass is 846 g/mol. The van der Waals surface area contributed by atoms with Crippen molar-refractivity contribution in [1.29, 1.82) is 0 Å². The van der Waals surface area contributed by atoms with Crippen molar-refractivity contribution in [2.45, 2.75) is 134 Å². The second-order valence-corrected chi connectivity index (χ2v) is 19.4. The Morgan fingerprint density at radius 3 is 1.46 bits per heavy atom. The summed E-state index contributed by atoms with van der Waals surface area (Å²) in [4.78, 5) is 24.9. The number of hydrogen-bond donors (Lipinski definition) is 0. The van der Waals surface area contributed by atoms with Crippen molar-refractivity contribution in [2.75, 3.05) is 0 Å². The van der Waals surface area contributed by atoms with Gasteiger partial charge >= 0.3 is 0 Å². The molecule has 0 saturated carbocycles. The van der Waals surface area contributed by atoms with Crippen LogP contribution in [0.2, 0.25) is 0 Å². The molecular weight excluding hydrogens is 781 g/mol. The summed E-state index contributed by atoms with van der Waals surface area (Å²) in [5, 5.41) is 0. The van der Waals surface area contributed by atoms with Crippen LogP contribution in [-0.2, 0) is 24.5 Å². The molecule has 330 valence electrons. The molecule has 0 heterocycles. The first-order chi connectivity index (χ1) is 29.7. The van der Waals surface area contributed by atoms with Gasteiger partial charge in [-0.2, -0.15) is 0 Å². The number of carbonyl (C=O) groups is 2. The summed E-state index contributed by atoms with van der Waals surface area (Å²) >= 11 is 0. The predicted molar refractivity (Wildman–Crippen MR) is 256 cm³/mol. The Balaban J connectivity index is 1.37. The summed E-state index contributed by atoms with van der Waals surface area (Å²) in [5.41, 5.74) is 4.95. The van der Waals surface area contributed by atoms with Crippen LogP contribution in [0.15, 0.2) is 153 Å². The van der Waals surface area contributed by atoms with Crippen molar-refractivity contribution in [1.82, 2.24) is 0 Å². The molecule has 0 saturated heterocycles. The smallest absolute Gasteiger partial charge is 0.186 e. The largest absolute Gasteiger partial charge is 0.488 e. The minimum atomic E-state index is -0.969. The molecule has 6 nitrogen and oxygen atoms in total. The van der Waals surface area contributed by atoms with Crippen molar-refractivity contribution in [3.63, 3.8) is 0 Å². The number of carbonyl (C=O) groups excluding carboxylic acids is 2. The van der Waals surface area contributed by atoms with Crippen LogP contribution < -0.4 is 9.47 Å². The van der Waals surface area contributed by atoms with Crippen molar-refractivity contribution < 1.29 is 28.5 Å². The average Bonchev–Trinajstić information content (AvgIpc) is 3.58. The van der Waals surface area contributed by atoms with Gasteiger partial charge in [-0.05, 0) is 151 Å². The maximum absolute atomic E-state index is 12.4. The van der Waals surface area contributed by atoms with E-state index in [1.54, 1.807) is 27.7 Å². The first-order valence-electron chi connectivity index (χ1n) is 22.2. The molecule has 1 aliphatic rings. The molecule has 0 amide bonds. The van der Waals surface area contributed by atoms with Crippen LogP contribution in [0.25, 0.3) is 11.1 Å². The minimum absolute atomic E-state index is 0.131. The first-order valence-corrected chi connectivity index (χ1v) is 22.2. The lowest BCUT2D eigenvalue weighted by Crippen LogP contribution is -2.40. The zero-order valence-electron chi connectivity index (χ0n) is 39.0. The average molecular weight is 847 g/mol. The van der Waals surface area contributed by atoms with E-state index in [4.69, 9.17) is 18.9 Å². The molecule has 5 aromatic carbocycles. The quantitative estimate of drug-likeness (QED) is 0.0727. The minimum Gasteiger partial charge on any atom is -0.488 e. The summed E-state index contributed by atoms with van der Waals surface area (Å²) in [6.45, 7) is 26.5. The third-order valence-electron chi connectivity index (χ3n) is 12.3. The Kier molecular flexibility index (Phi) is 13.9. The van der Waals surface area contributed by atoms with E-state index in [0.29, 0.717) is 12.8 Å². The second kappa shape index (κ2) is 18.7. The van der Waals surface area contributed by atoms with Crippen LogP contribution in [-0.4, -0.2) is 46.2 Å². The van der Waals surface area contributed by atoms with Gasteiger partial charge in [0.25, 0.3) is 0 Å². The molecule has 3 atom stereocenters. The lowest BCUT2D eigenvalue weighted by molar-refractivity contribution is -0.144. The van der Waals surface area contributed by atoms with Gasteiger partial charge in [-0.3, -0.25) is 9.59 Å². The highest BCUT2D eigenvalue weighted by atomic mass is 16.5. The number of hydrogen-bond acceptors (Lipinski definition) is 6. The Bertz CT molecular complexity index is 2270. The number of ether oxygens (including phenoxy) is 4. The fraction of sp³-hybridized carbons (Fsp3) is 0.368. The first kappa shape index (κ1) is 46.9. The van der Waals surface area contributed by atoms with E-state index in [1.807, 2.05) is 13.8 Å². The third-order valence-corrected chi connectivity index (χ3v) is 12.3. The highest BCUT2D eigenvalue weighted by Crippen LogP contribution is 2.57. The highest BCUT2D eigenvalue weighted by molar-refractivity contribution is 5.96. The van der Waals surface area contributed by atoms with Crippen molar-refractivity contribution >= 4 is 11.6 Å². The maximum atomic E-state index is 12.4. The van der Waals surface area contributed by atoms with Crippen molar-refractivity contribution in [3.8, 4) is 22.6 Å². The standard InChI is InChI=1S/C57H66O6/c1-13-51(58)55(9,10)60-39(3)36-53(5,6)62-46-30-26-44(27-31-46)57(45-28-32-47(33-29-45)63-54(7,8)37-40(4)61-56(11,12)52(59)14-2)38-49(42-23-19-16-20-24-42)48-35-43(25-34-50(48)57)41-21-17-15-18-22-41/h13-35,39-40,49H,1-2,36-38H2,3-12H3. The van der Waals surface area contributed by atoms with Crippen LogP contribution in [0, 0.1) is 0 Å². The number of rotatable bonds is 20. The van der Waals surface area contributed by atoms with E-state index in [1.165, 1.54) is 40.0 Å². The van der Waals surface area contributed by atoms with Gasteiger partial charge in [0.2, 0.25) is 0 Å². The number of ketones is 2. The summed E-state index contributed by atoms with van der Waals surface area (Å²) < 4.78 is 25.7. The summed E-state index contributed by atoms with van der Waals surface area (Å²) in [6.07, 6.45) is 4.14. The van der Waals surface area contributed by atoms with E-state index in [0.717, 1.165) is 29.0 Å². The Hall–Kier alpha value is -5.56. The molecule has 0 radical (unpaired) electrons. The molecule has 0 fully saturated rings. The highest BCUT2D eigenvalue weighted by Gasteiger charge is 2.47. The molecular formula is C57H66O6. The number of benzene rings is 5. The molecule has 0 bridgehead atoms. The lowest BCUT2D eigenvalue weighted by atomic mass is 9.69. The van der Waals surface area contributed by atoms with Gasteiger partial charge in [0.15, 0.2) is 11.6 Å². The maximum Gasteiger partial charge on any atom is 0.186 e. The van der Waals surface area contributed by atoms with Crippen LogP contribution in [0.3, 0.4) is 0 Å². The zero-order chi connectivity index (χ0) is 45.8. The molecule has 0 N–H and O–H groups in total. The summed E-state index contributed by atoms with van der Waals surface area (Å²) in [6, 6.07) is 45.6. The van der Waals surface area contributed by atoms with E-state index < -0.39 is 27.8 Å². The fourth-order valence-electron chi connectivity index (χ4n) is 9.69. The predicted octanol–water partition coefficient (Wildman–Crippen LogP) is 13.2. The van der Waals surface area contributed by atoms with Gasteiger partial charge < -0.3 is 18.9 Å². The molecule has 0 spiro atoms. The summed E-state index contributed by atoms with van der Waals surface area (Å²) in [5.74, 6) is 1.34. The molecule has 63 heavy (non-hydrogen) atoms. The topological polar surface area (TPSA) is 71.1 Å². The zero-order valence-corrected chi connectivity index (χ0v) is 39.0. The fourth-order valence-corrected chi connectivity index (χ4v) is 9.69. The van der Waals surface area contributed by atoms with Gasteiger partial charge in [-0.15, -0.1) is 0 Å². The molecule has 6 rings (SSSR count). The van der Waals surface area contributed by atoms with Gasteiger partial charge in [-0.25, -0.2) is 0 Å². The SMILES string of the molecule is C=CC(=O)C(C)(C)OC(C)CC(C)(C)Oc1ccc(C2(c3ccc(OC(C)(C)CC(C)OC(C)(C)C(=O)C=C)cc3)CC(c3ccccc3)c3cc(-c4ccccc4)ccc32)cc1. The van der Waals surface area contributed by atoms with E-state index in [2.05, 4.69) is 168 Å². The lowest BCUT2D eigenvalue weighted by Gasteiger charge is -2.35. The number of fused-ring (bicyclic) bond motifs is 1. The molecule has 3 unspecified atom stereocenters. The molecule has 0 aromatic heterocycles. The van der Waals surface area contributed by atoms with E-state index in [9.17, 15) is 9.59 Å². The van der Waals surface area contributed by atoms with E-state index in [-0.39, 0.29) is 29.7 Å². The van der Waals surface area contributed by atoms with Gasteiger partial charge in [0, 0.05) is 24.2 Å². The Morgan fingerprint density at radius 2 is 1.03 bits per heavy atom. The third kappa shape index (κ3) is 10.8. The molecule has 0 aliphatic heterocycles. The van der Waals surface area contributed by atoms with Crippen molar-refractivity contribution in [2.24, 2.45) is 0 Å².